The van der Waals surface area contributed by atoms with Gasteiger partial charge in [0.05, 0.1) is 0 Å². The Labute approximate surface area is 152 Å². The van der Waals surface area contributed by atoms with Crippen LogP contribution in [0.1, 0.15) is 26.4 Å². The van der Waals surface area contributed by atoms with Gasteiger partial charge in [-0.2, -0.15) is 0 Å². The smallest absolute Gasteiger partial charge is 0.270 e. The van der Waals surface area contributed by atoms with E-state index in [1.54, 1.807) is 0 Å². The Morgan fingerprint density at radius 2 is 1.46 bits per heavy atom. The Balaban J connectivity index is 1.42. The van der Waals surface area contributed by atoms with Gasteiger partial charge in [0.15, 0.2) is 0 Å². The van der Waals surface area contributed by atoms with Gasteiger partial charge in [-0.05, 0) is 31.2 Å². The molecule has 3 aromatic rings. The lowest BCUT2D eigenvalue weighted by molar-refractivity contribution is 0.0533. The summed E-state index contributed by atoms with van der Waals surface area (Å²) in [5.41, 5.74) is 3.40. The molecule has 0 spiro atoms. The summed E-state index contributed by atoms with van der Waals surface area (Å²) in [6.07, 6.45) is 0. The number of nitrogens with zero attached hydrogens (tertiary/aromatic N) is 2. The van der Waals surface area contributed by atoms with Gasteiger partial charge in [-0.3, -0.25) is 9.59 Å². The van der Waals surface area contributed by atoms with E-state index in [0.29, 0.717) is 37.4 Å². The molecule has 1 N–H and O–H groups in total. The standard InChI is InChI=1S/C21H21N3O2/c1-15-6-8-16(9-7-15)20(25)23-10-12-24(13-11-23)21(26)19-14-17-4-2-3-5-18(17)22-19/h2-9,14,22H,10-13H2,1H3. The molecule has 2 heterocycles. The quantitative estimate of drug-likeness (QED) is 0.774. The molecule has 0 atom stereocenters. The number of carbonyl (C=O) groups excluding carboxylic acids is 2. The summed E-state index contributed by atoms with van der Waals surface area (Å²) in [5, 5.41) is 1.03. The van der Waals surface area contributed by atoms with Crippen molar-refractivity contribution >= 4 is 22.7 Å². The van der Waals surface area contributed by atoms with Crippen LogP contribution in [0.15, 0.2) is 54.6 Å². The molecular weight excluding hydrogens is 326 g/mol. The molecule has 0 radical (unpaired) electrons. The minimum Gasteiger partial charge on any atom is -0.351 e. The van der Waals surface area contributed by atoms with Crippen molar-refractivity contribution in [3.63, 3.8) is 0 Å². The molecule has 1 fully saturated rings. The summed E-state index contributed by atoms with van der Waals surface area (Å²) in [7, 11) is 0. The van der Waals surface area contributed by atoms with Crippen molar-refractivity contribution in [2.45, 2.75) is 6.92 Å². The highest BCUT2D eigenvalue weighted by molar-refractivity contribution is 5.98. The number of H-pyrrole nitrogens is 1. The molecule has 2 amide bonds. The number of fused-ring (bicyclic) bond motifs is 1. The topological polar surface area (TPSA) is 56.4 Å². The molecule has 0 aliphatic carbocycles. The second-order valence-corrected chi connectivity index (χ2v) is 6.72. The van der Waals surface area contributed by atoms with Crippen LogP contribution < -0.4 is 0 Å². The maximum absolute atomic E-state index is 12.7. The normalized spacial score (nSPS) is 14.7. The molecule has 5 heteroatoms. The Kier molecular flexibility index (Phi) is 4.21. The summed E-state index contributed by atoms with van der Waals surface area (Å²) >= 11 is 0. The van der Waals surface area contributed by atoms with Crippen molar-refractivity contribution in [2.75, 3.05) is 26.2 Å². The molecule has 0 saturated carbocycles. The fraction of sp³-hybridized carbons (Fsp3) is 0.238. The lowest BCUT2D eigenvalue weighted by Crippen LogP contribution is -2.50. The third-order valence-electron chi connectivity index (χ3n) is 4.91. The van der Waals surface area contributed by atoms with Crippen LogP contribution in [0.25, 0.3) is 10.9 Å². The van der Waals surface area contributed by atoms with E-state index in [4.69, 9.17) is 0 Å². The molecule has 1 aliphatic rings. The molecule has 26 heavy (non-hydrogen) atoms. The number of aromatic nitrogens is 1. The molecule has 132 valence electrons. The molecule has 1 aliphatic heterocycles. The third kappa shape index (κ3) is 3.08. The van der Waals surface area contributed by atoms with Crippen LogP contribution in [0.5, 0.6) is 0 Å². The second-order valence-electron chi connectivity index (χ2n) is 6.72. The Bertz CT molecular complexity index is 918. The van der Waals surface area contributed by atoms with Gasteiger partial charge in [0.25, 0.3) is 11.8 Å². The van der Waals surface area contributed by atoms with Crippen molar-refractivity contribution in [2.24, 2.45) is 0 Å². The van der Waals surface area contributed by atoms with Gasteiger partial charge in [0.1, 0.15) is 5.69 Å². The third-order valence-corrected chi connectivity index (χ3v) is 4.91. The predicted octanol–water partition coefficient (Wildman–Crippen LogP) is 3.07. The largest absolute Gasteiger partial charge is 0.351 e. The van der Waals surface area contributed by atoms with Gasteiger partial charge in [0.2, 0.25) is 0 Å². The number of benzene rings is 2. The number of carbonyl (C=O) groups is 2. The zero-order chi connectivity index (χ0) is 18.1. The average molecular weight is 347 g/mol. The van der Waals surface area contributed by atoms with Crippen LogP contribution in [0.4, 0.5) is 0 Å². The molecule has 2 aromatic carbocycles. The van der Waals surface area contributed by atoms with E-state index in [9.17, 15) is 9.59 Å². The number of aryl methyl sites for hydroxylation is 1. The maximum atomic E-state index is 12.7. The van der Waals surface area contributed by atoms with Crippen LogP contribution in [0.3, 0.4) is 0 Å². The van der Waals surface area contributed by atoms with Crippen molar-refractivity contribution in [1.29, 1.82) is 0 Å². The number of amides is 2. The number of hydrogen-bond acceptors (Lipinski definition) is 2. The molecule has 0 unspecified atom stereocenters. The van der Waals surface area contributed by atoms with E-state index in [1.165, 1.54) is 0 Å². The van der Waals surface area contributed by atoms with Crippen LogP contribution in [0, 0.1) is 6.92 Å². The number of rotatable bonds is 2. The minimum absolute atomic E-state index is 0.0105. The van der Waals surface area contributed by atoms with Crippen LogP contribution >= 0.6 is 0 Å². The number of piperazine rings is 1. The van der Waals surface area contributed by atoms with Gasteiger partial charge in [0, 0.05) is 42.6 Å². The lowest BCUT2D eigenvalue weighted by atomic mass is 10.1. The summed E-state index contributed by atoms with van der Waals surface area (Å²) in [5.74, 6) is 0.0198. The number of hydrogen-bond donors (Lipinski definition) is 1. The van der Waals surface area contributed by atoms with E-state index in [0.717, 1.165) is 16.5 Å². The molecule has 4 rings (SSSR count). The first-order valence-corrected chi connectivity index (χ1v) is 8.85. The molecular formula is C21H21N3O2. The summed E-state index contributed by atoms with van der Waals surface area (Å²) in [4.78, 5) is 32.2. The fourth-order valence-electron chi connectivity index (χ4n) is 3.35. The lowest BCUT2D eigenvalue weighted by Gasteiger charge is -2.34. The van der Waals surface area contributed by atoms with Crippen molar-refractivity contribution < 1.29 is 9.59 Å². The monoisotopic (exact) mass is 347 g/mol. The Morgan fingerprint density at radius 3 is 2.12 bits per heavy atom. The fourth-order valence-corrected chi connectivity index (χ4v) is 3.35. The highest BCUT2D eigenvalue weighted by Crippen LogP contribution is 2.17. The highest BCUT2D eigenvalue weighted by atomic mass is 16.2. The van der Waals surface area contributed by atoms with Gasteiger partial charge < -0.3 is 14.8 Å². The average Bonchev–Trinajstić information content (AvgIpc) is 3.12. The number of nitrogens with one attached hydrogen (secondary N) is 1. The molecule has 1 saturated heterocycles. The van der Waals surface area contributed by atoms with Crippen LogP contribution in [-0.2, 0) is 0 Å². The Morgan fingerprint density at radius 1 is 0.846 bits per heavy atom. The van der Waals surface area contributed by atoms with Gasteiger partial charge in [-0.1, -0.05) is 35.9 Å². The summed E-state index contributed by atoms with van der Waals surface area (Å²) in [6, 6.07) is 17.4. The van der Waals surface area contributed by atoms with Crippen LogP contribution in [0.2, 0.25) is 0 Å². The van der Waals surface area contributed by atoms with Gasteiger partial charge in [-0.25, -0.2) is 0 Å². The van der Waals surface area contributed by atoms with Gasteiger partial charge >= 0.3 is 0 Å². The minimum atomic E-state index is -0.0105. The first-order chi connectivity index (χ1) is 12.6. The first kappa shape index (κ1) is 16.4. The van der Waals surface area contributed by atoms with E-state index in [-0.39, 0.29) is 11.8 Å². The zero-order valence-electron chi connectivity index (χ0n) is 14.7. The first-order valence-electron chi connectivity index (χ1n) is 8.85. The van der Waals surface area contributed by atoms with E-state index < -0.39 is 0 Å². The van der Waals surface area contributed by atoms with E-state index >= 15 is 0 Å². The summed E-state index contributed by atoms with van der Waals surface area (Å²) < 4.78 is 0. The zero-order valence-corrected chi connectivity index (χ0v) is 14.7. The van der Waals surface area contributed by atoms with Crippen LogP contribution in [-0.4, -0.2) is 52.8 Å². The summed E-state index contributed by atoms with van der Waals surface area (Å²) in [6.45, 7) is 4.21. The molecule has 1 aromatic heterocycles. The van der Waals surface area contributed by atoms with Crippen molar-refractivity contribution in [1.82, 2.24) is 14.8 Å². The highest BCUT2D eigenvalue weighted by Gasteiger charge is 2.26. The predicted molar refractivity (Wildman–Crippen MR) is 101 cm³/mol. The molecule has 5 nitrogen and oxygen atoms in total. The second kappa shape index (κ2) is 6.67. The van der Waals surface area contributed by atoms with E-state index in [2.05, 4.69) is 4.98 Å². The number of aromatic amines is 1. The Hall–Kier alpha value is -3.08. The van der Waals surface area contributed by atoms with Crippen molar-refractivity contribution in [3.05, 3.63) is 71.4 Å². The van der Waals surface area contributed by atoms with Crippen molar-refractivity contribution in [3.8, 4) is 0 Å². The molecule has 0 bridgehead atoms. The SMILES string of the molecule is Cc1ccc(C(=O)N2CCN(C(=O)c3cc4ccccc4[nH]3)CC2)cc1. The van der Waals surface area contributed by atoms with Gasteiger partial charge in [-0.15, -0.1) is 0 Å². The maximum Gasteiger partial charge on any atom is 0.270 e. The number of para-hydroxylation sites is 1. The van der Waals surface area contributed by atoms with E-state index in [1.807, 2.05) is 71.3 Å².